The summed E-state index contributed by atoms with van der Waals surface area (Å²) >= 11 is -3.76. The van der Waals surface area contributed by atoms with Gasteiger partial charge in [0, 0.05) is 0 Å². The zero-order valence-corrected chi connectivity index (χ0v) is 3.80. The molecule has 0 aromatic heterocycles. The Morgan fingerprint density at radius 2 is 1.40 bits per heavy atom. The van der Waals surface area contributed by atoms with Crippen molar-refractivity contribution in [3.05, 3.63) is 0 Å². The molecule has 0 atom stereocenters. The van der Waals surface area contributed by atoms with E-state index in [1.807, 2.05) is 0 Å². The van der Waals surface area contributed by atoms with Crippen LogP contribution in [0.15, 0.2) is 0 Å². The van der Waals surface area contributed by atoms with Crippen LogP contribution < -0.4 is 27.9 Å². The van der Waals surface area contributed by atoms with E-state index in [1.165, 1.54) is 0 Å². The molecule has 3 nitrogen and oxygen atoms in total. The molecular formula is H2CsIO3. The molecular weight excluding hydrogens is 308 g/mol. The van der Waals surface area contributed by atoms with E-state index in [1.54, 1.807) is 0 Å². The minimum Gasteiger partial charge on any atom is -0.396 e. The second-order valence-electron chi connectivity index (χ2n) is 0.201. The minimum atomic E-state index is -3.76. The van der Waals surface area contributed by atoms with Crippen molar-refractivity contribution in [3.8, 4) is 0 Å². The van der Waals surface area contributed by atoms with Gasteiger partial charge in [-0.1, -0.05) is 0 Å². The van der Waals surface area contributed by atoms with Crippen LogP contribution in [-0.2, 0) is 0 Å². The number of rotatable bonds is 0. The van der Waals surface area contributed by atoms with Gasteiger partial charge < -0.3 is 6.87 Å². The SMILES string of the molecule is [CsH].[O-][I+2]([O-])O. The molecule has 0 radical (unpaired) electrons. The Kier molecular flexibility index (Phi) is 14.1. The molecule has 0 aromatic rings. The fourth-order valence-electron chi connectivity index (χ4n) is 0. The summed E-state index contributed by atoms with van der Waals surface area (Å²) in [5, 5.41) is 0. The maximum atomic E-state index is 8.68. The molecule has 0 rings (SSSR count). The number of halogens is 1. The summed E-state index contributed by atoms with van der Waals surface area (Å²) in [5.41, 5.74) is 0. The molecule has 0 saturated heterocycles. The van der Waals surface area contributed by atoms with E-state index in [4.69, 9.17) is 10.3 Å². The van der Waals surface area contributed by atoms with Crippen LogP contribution >= 0.6 is 0 Å². The molecule has 0 spiro atoms. The van der Waals surface area contributed by atoms with Gasteiger partial charge in [-0.25, -0.2) is 0 Å². The summed E-state index contributed by atoms with van der Waals surface area (Å²) in [7, 11) is 0. The summed E-state index contributed by atoms with van der Waals surface area (Å²) in [5.74, 6) is 0. The van der Waals surface area contributed by atoms with Crippen molar-refractivity contribution in [1.82, 2.24) is 0 Å². The molecule has 0 aromatic carbocycles. The van der Waals surface area contributed by atoms with Crippen LogP contribution in [0.4, 0.5) is 0 Å². The van der Waals surface area contributed by atoms with Gasteiger partial charge in [-0.15, -0.1) is 0 Å². The Morgan fingerprint density at radius 3 is 1.40 bits per heavy atom. The summed E-state index contributed by atoms with van der Waals surface area (Å²) in [4.78, 5) is 0. The average molecular weight is 310 g/mol. The van der Waals surface area contributed by atoms with Gasteiger partial charge in [-0.05, 0) is 3.44 Å². The molecule has 28 valence electrons. The van der Waals surface area contributed by atoms with Crippen LogP contribution in [0, 0.1) is 0 Å². The minimum absolute atomic E-state index is 0. The van der Waals surface area contributed by atoms with Gasteiger partial charge in [-0.3, -0.25) is 0 Å². The van der Waals surface area contributed by atoms with E-state index in [9.17, 15) is 0 Å². The van der Waals surface area contributed by atoms with E-state index in [0.717, 1.165) is 0 Å². The number of hydrogen-bond acceptors (Lipinski definition) is 3. The van der Waals surface area contributed by atoms with Crippen molar-refractivity contribution in [3.63, 3.8) is 0 Å². The van der Waals surface area contributed by atoms with E-state index in [2.05, 4.69) is 0 Å². The van der Waals surface area contributed by atoms with Gasteiger partial charge in [0.15, 0.2) is 0 Å². The molecule has 0 saturated carbocycles. The van der Waals surface area contributed by atoms with Gasteiger partial charge in [0.05, 0.1) is 0 Å². The van der Waals surface area contributed by atoms with Gasteiger partial charge in [-0.2, -0.15) is 0 Å². The van der Waals surface area contributed by atoms with E-state index in [0.29, 0.717) is 0 Å². The van der Waals surface area contributed by atoms with E-state index < -0.39 is 21.1 Å². The first-order valence-electron chi connectivity index (χ1n) is 0.478. The zero-order valence-electron chi connectivity index (χ0n) is 1.64. The van der Waals surface area contributed by atoms with E-state index >= 15 is 0 Å². The van der Waals surface area contributed by atoms with Crippen molar-refractivity contribution < 1.29 is 31.4 Å². The fourth-order valence-corrected chi connectivity index (χ4v) is 0. The summed E-state index contributed by atoms with van der Waals surface area (Å²) in [6.07, 6.45) is 0. The smallest absolute Gasteiger partial charge is 0.396 e. The first kappa shape index (κ1) is 10.6. The third-order valence-corrected chi connectivity index (χ3v) is 0. The fraction of sp³-hybridized carbons (Fsp3) is 0. The molecule has 0 aliphatic heterocycles. The molecule has 0 amide bonds. The Bertz CT molecular complexity index is 11.6. The van der Waals surface area contributed by atoms with Crippen LogP contribution in [0.1, 0.15) is 0 Å². The van der Waals surface area contributed by atoms with Gasteiger partial charge in [0.25, 0.3) is 0 Å². The molecule has 0 heterocycles. The maximum absolute atomic E-state index is 8.68. The molecule has 0 aliphatic rings. The zero-order chi connectivity index (χ0) is 3.58. The van der Waals surface area contributed by atoms with Crippen LogP contribution in [0.25, 0.3) is 0 Å². The molecule has 0 bridgehead atoms. The van der Waals surface area contributed by atoms with Crippen molar-refractivity contribution >= 4 is 68.9 Å². The Balaban J connectivity index is 0. The maximum Gasteiger partial charge on any atom is 0.503 e. The third-order valence-electron chi connectivity index (χ3n) is 0. The molecule has 0 fully saturated rings. The van der Waals surface area contributed by atoms with Gasteiger partial charge >= 0.3 is 90.0 Å². The third kappa shape index (κ3) is 20.4. The average Bonchev–Trinajstić information content (AvgIpc) is 0.811. The normalized spacial score (nSPS) is 7.20. The Morgan fingerprint density at radius 1 is 1.40 bits per heavy atom. The van der Waals surface area contributed by atoms with Crippen molar-refractivity contribution in [1.29, 1.82) is 0 Å². The van der Waals surface area contributed by atoms with Crippen LogP contribution in [-0.4, -0.2) is 72.3 Å². The second kappa shape index (κ2) is 6.66. The molecule has 5 heteroatoms. The molecule has 0 aliphatic carbocycles. The standard InChI is InChI=1S/Cs.HIO3.H/c;2-1(3)4;/h;2H;. The predicted octanol–water partition coefficient (Wildman–Crippen LogP) is -6.58. The largest absolute Gasteiger partial charge is 0.503 e. The Labute approximate surface area is 97.2 Å². The van der Waals surface area contributed by atoms with E-state index in [-0.39, 0.29) is 68.9 Å². The molecule has 0 unspecified atom stereocenters. The van der Waals surface area contributed by atoms with Crippen LogP contribution in [0.5, 0.6) is 0 Å². The molecule has 5 heavy (non-hydrogen) atoms. The van der Waals surface area contributed by atoms with Gasteiger partial charge in [0.1, 0.15) is 0 Å². The monoisotopic (exact) mass is 310 g/mol. The van der Waals surface area contributed by atoms with Crippen LogP contribution in [0.2, 0.25) is 0 Å². The molecule has 1 N–H and O–H groups in total. The van der Waals surface area contributed by atoms with Crippen molar-refractivity contribution in [2.45, 2.75) is 0 Å². The summed E-state index contributed by atoms with van der Waals surface area (Å²) < 4.78 is 24.5. The topological polar surface area (TPSA) is 66.3 Å². The first-order chi connectivity index (χ1) is 1.73. The summed E-state index contributed by atoms with van der Waals surface area (Å²) in [6, 6.07) is 0. The van der Waals surface area contributed by atoms with Crippen molar-refractivity contribution in [2.75, 3.05) is 0 Å². The van der Waals surface area contributed by atoms with Crippen molar-refractivity contribution in [2.24, 2.45) is 0 Å². The Hall–Kier alpha value is 2.66. The second-order valence-corrected chi connectivity index (χ2v) is 1.35. The summed E-state index contributed by atoms with van der Waals surface area (Å²) in [6.45, 7) is 0. The van der Waals surface area contributed by atoms with Gasteiger partial charge in [0.2, 0.25) is 0 Å². The first-order valence-corrected chi connectivity index (χ1v) is 3.20. The number of hydrogen-bond donors (Lipinski definition) is 1. The predicted molar refractivity (Wildman–Crippen MR) is 9.37 cm³/mol. The van der Waals surface area contributed by atoms with Crippen LogP contribution in [0.3, 0.4) is 0 Å². The quantitative estimate of drug-likeness (QED) is 0.453.